The first-order chi connectivity index (χ1) is 7.43. The maximum atomic E-state index is 10.6. The van der Waals surface area contributed by atoms with Crippen LogP contribution in [0.3, 0.4) is 0 Å². The third-order valence-corrected chi connectivity index (χ3v) is 2.20. The third-order valence-electron chi connectivity index (χ3n) is 2.20. The van der Waals surface area contributed by atoms with Crippen LogP contribution in [0.4, 0.5) is 0 Å². The lowest BCUT2D eigenvalue weighted by molar-refractivity contribution is 0.0696. The largest absolute Gasteiger partial charge is 0.478 e. The van der Waals surface area contributed by atoms with Crippen LogP contribution in [0.5, 0.6) is 0 Å². The Kier molecular flexibility index (Phi) is 3.50. The summed E-state index contributed by atoms with van der Waals surface area (Å²) in [7, 11) is 0. The highest BCUT2D eigenvalue weighted by atomic mass is 16.4. The molecule has 0 spiro atoms. The van der Waals surface area contributed by atoms with Gasteiger partial charge in [-0.1, -0.05) is 0 Å². The number of hydrogen-bond donors (Lipinski definition) is 3. The molecule has 0 saturated heterocycles. The maximum absolute atomic E-state index is 10.6. The Balaban J connectivity index is 3.08. The number of carbonyl (C=O) groups is 1. The molecule has 1 rings (SSSR count). The van der Waals surface area contributed by atoms with Crippen molar-refractivity contribution in [2.45, 2.75) is 19.8 Å². The Labute approximate surface area is 93.2 Å². The minimum atomic E-state index is -1.03. The lowest BCUT2D eigenvalue weighted by atomic mass is 9.95. The summed E-state index contributed by atoms with van der Waals surface area (Å²) in [5.74, 6) is -1.49. The molecule has 0 aliphatic heterocycles. The molecule has 1 aromatic heterocycles. The zero-order chi connectivity index (χ0) is 12.3. The second-order valence-electron chi connectivity index (χ2n) is 3.58. The van der Waals surface area contributed by atoms with Gasteiger partial charge in [0.2, 0.25) is 0 Å². The number of carboxylic acids is 1. The summed E-state index contributed by atoms with van der Waals surface area (Å²) in [6.45, 7) is 3.21. The van der Waals surface area contributed by atoms with Crippen LogP contribution in [-0.4, -0.2) is 27.5 Å². The Hall–Kier alpha value is -2.04. The van der Waals surface area contributed by atoms with Gasteiger partial charge in [-0.3, -0.25) is 4.98 Å². The fourth-order valence-electron chi connectivity index (χ4n) is 1.47. The van der Waals surface area contributed by atoms with Crippen molar-refractivity contribution in [3.05, 3.63) is 29.6 Å². The Bertz CT molecular complexity index is 423. The first-order valence-electron chi connectivity index (χ1n) is 4.72. The van der Waals surface area contributed by atoms with Crippen molar-refractivity contribution in [2.75, 3.05) is 0 Å². The number of nitrogens with zero attached hydrogens (tertiary/aromatic N) is 1. The van der Waals surface area contributed by atoms with Crippen molar-refractivity contribution in [2.24, 2.45) is 0 Å². The van der Waals surface area contributed by atoms with E-state index < -0.39 is 11.9 Å². The van der Waals surface area contributed by atoms with Gasteiger partial charge < -0.3 is 15.9 Å². The van der Waals surface area contributed by atoms with Crippen molar-refractivity contribution in [3.63, 3.8) is 0 Å². The molecule has 0 unspecified atom stereocenters. The molecule has 3 N–H and O–H groups in total. The van der Waals surface area contributed by atoms with Crippen LogP contribution in [0, 0.1) is 10.8 Å². The molecule has 84 valence electrons. The zero-order valence-corrected chi connectivity index (χ0v) is 9.11. The van der Waals surface area contributed by atoms with Crippen molar-refractivity contribution >= 4 is 17.4 Å². The summed E-state index contributed by atoms with van der Waals surface area (Å²) in [5.41, 5.74) is 1.28. The highest BCUT2D eigenvalue weighted by Gasteiger charge is 2.18. The first-order valence-corrected chi connectivity index (χ1v) is 4.72. The quantitative estimate of drug-likeness (QED) is 0.675. The van der Waals surface area contributed by atoms with Gasteiger partial charge in [-0.05, 0) is 26.0 Å². The highest BCUT2D eigenvalue weighted by molar-refractivity contribution is 6.07. The topological polar surface area (TPSA) is 97.9 Å². The van der Waals surface area contributed by atoms with Gasteiger partial charge in [0.15, 0.2) is 0 Å². The summed E-state index contributed by atoms with van der Waals surface area (Å²) in [6.07, 6.45) is 1.25. The zero-order valence-electron chi connectivity index (χ0n) is 9.11. The van der Waals surface area contributed by atoms with Crippen LogP contribution in [0.15, 0.2) is 18.3 Å². The lowest BCUT2D eigenvalue weighted by Gasteiger charge is -2.13. The summed E-state index contributed by atoms with van der Waals surface area (Å²) in [5, 5.41) is 23.8. The number of pyridine rings is 1. The normalized spacial score (nSPS) is 11.9. The van der Waals surface area contributed by atoms with Gasteiger partial charge in [0.05, 0.1) is 17.2 Å². The van der Waals surface area contributed by atoms with E-state index in [1.807, 2.05) is 0 Å². The summed E-state index contributed by atoms with van der Waals surface area (Å²) in [6, 6.07) is 2.98. The van der Waals surface area contributed by atoms with E-state index >= 15 is 0 Å². The molecule has 0 radical (unpaired) electrons. The minimum Gasteiger partial charge on any atom is -0.478 e. The predicted octanol–water partition coefficient (Wildman–Crippen LogP) is 1.94. The van der Waals surface area contributed by atoms with Gasteiger partial charge in [-0.15, -0.1) is 0 Å². The number of nitrogens with one attached hydrogen (secondary N) is 2. The van der Waals surface area contributed by atoms with E-state index in [0.717, 1.165) is 0 Å². The molecule has 0 bridgehead atoms. The molecule has 5 nitrogen and oxygen atoms in total. The Morgan fingerprint density at radius 2 is 1.88 bits per heavy atom. The molecule has 16 heavy (non-hydrogen) atoms. The highest BCUT2D eigenvalue weighted by Crippen LogP contribution is 2.16. The molecule has 5 heteroatoms. The second kappa shape index (κ2) is 4.65. The molecular formula is C11H13N3O2. The molecule has 0 fully saturated rings. The van der Waals surface area contributed by atoms with Gasteiger partial charge in [0.25, 0.3) is 0 Å². The number of aromatic carboxylic acids is 1. The van der Waals surface area contributed by atoms with Crippen molar-refractivity contribution in [1.82, 2.24) is 4.98 Å². The molecule has 0 aliphatic rings. The fraction of sp³-hybridized carbons (Fsp3) is 0.273. The van der Waals surface area contributed by atoms with Gasteiger partial charge in [0, 0.05) is 17.6 Å². The van der Waals surface area contributed by atoms with Crippen LogP contribution < -0.4 is 0 Å². The minimum absolute atomic E-state index is 0.104. The summed E-state index contributed by atoms with van der Waals surface area (Å²) >= 11 is 0. The van der Waals surface area contributed by atoms with E-state index in [1.54, 1.807) is 19.9 Å². The summed E-state index contributed by atoms with van der Waals surface area (Å²) in [4.78, 5) is 14.6. The third kappa shape index (κ3) is 2.50. The van der Waals surface area contributed by atoms with E-state index in [2.05, 4.69) is 4.98 Å². The van der Waals surface area contributed by atoms with E-state index in [1.165, 1.54) is 12.3 Å². The van der Waals surface area contributed by atoms with Gasteiger partial charge in [-0.25, -0.2) is 4.79 Å². The van der Waals surface area contributed by atoms with Crippen molar-refractivity contribution in [1.29, 1.82) is 10.8 Å². The lowest BCUT2D eigenvalue weighted by Crippen LogP contribution is -2.17. The first kappa shape index (κ1) is 12.0. The molecule has 1 heterocycles. The monoisotopic (exact) mass is 219 g/mol. The van der Waals surface area contributed by atoms with E-state index in [9.17, 15) is 4.79 Å². The van der Waals surface area contributed by atoms with Crippen LogP contribution in [0.25, 0.3) is 0 Å². The average molecular weight is 219 g/mol. The van der Waals surface area contributed by atoms with Gasteiger partial charge in [0.1, 0.15) is 0 Å². The van der Waals surface area contributed by atoms with Crippen molar-refractivity contribution < 1.29 is 9.90 Å². The molecule has 0 aromatic carbocycles. The van der Waals surface area contributed by atoms with Crippen molar-refractivity contribution in [3.8, 4) is 0 Å². The van der Waals surface area contributed by atoms with E-state index in [-0.39, 0.29) is 5.56 Å². The fourth-order valence-corrected chi connectivity index (χ4v) is 1.47. The molecule has 0 atom stereocenters. The standard InChI is InChI=1S/C11H13N3O2/c1-6(12)10(7(2)13)9-4-3-8(5-14-9)11(15)16/h3-5,10,12-13H,1-2H3,(H,15,16). The number of aromatic nitrogens is 1. The molecular weight excluding hydrogens is 206 g/mol. The molecule has 0 amide bonds. The number of rotatable bonds is 4. The smallest absolute Gasteiger partial charge is 0.337 e. The molecule has 1 aromatic rings. The number of carboxylic acid groups (broad SMARTS) is 1. The van der Waals surface area contributed by atoms with E-state index in [0.29, 0.717) is 17.1 Å². The molecule has 0 aliphatic carbocycles. The van der Waals surface area contributed by atoms with Crippen LogP contribution in [0.1, 0.15) is 35.8 Å². The van der Waals surface area contributed by atoms with Gasteiger partial charge in [-0.2, -0.15) is 0 Å². The second-order valence-corrected chi connectivity index (χ2v) is 3.58. The molecule has 0 saturated carbocycles. The van der Waals surface area contributed by atoms with Crippen LogP contribution >= 0.6 is 0 Å². The van der Waals surface area contributed by atoms with Crippen LogP contribution in [-0.2, 0) is 0 Å². The maximum Gasteiger partial charge on any atom is 0.337 e. The van der Waals surface area contributed by atoms with E-state index in [4.69, 9.17) is 15.9 Å². The number of hydrogen-bond acceptors (Lipinski definition) is 4. The SMILES string of the molecule is CC(=N)C(C(C)=N)c1ccc(C(=O)O)cn1. The Morgan fingerprint density at radius 1 is 1.31 bits per heavy atom. The average Bonchev–Trinajstić information content (AvgIpc) is 2.17. The summed E-state index contributed by atoms with van der Waals surface area (Å²) < 4.78 is 0. The Morgan fingerprint density at radius 3 is 2.19 bits per heavy atom. The van der Waals surface area contributed by atoms with Gasteiger partial charge >= 0.3 is 5.97 Å². The predicted molar refractivity (Wildman–Crippen MR) is 60.7 cm³/mol. The van der Waals surface area contributed by atoms with Crippen LogP contribution in [0.2, 0.25) is 0 Å².